The molecule has 2 aliphatic heterocycles. The Morgan fingerprint density at radius 3 is 3.22 bits per heavy atom. The third-order valence-electron chi connectivity index (χ3n) is 3.76. The second-order valence-electron chi connectivity index (χ2n) is 5.08. The van der Waals surface area contributed by atoms with E-state index in [1.807, 2.05) is 12.1 Å². The lowest BCUT2D eigenvalue weighted by atomic mass is 10.2. The van der Waals surface area contributed by atoms with Crippen LogP contribution in [0.2, 0.25) is 0 Å². The van der Waals surface area contributed by atoms with Gasteiger partial charge in [0.15, 0.2) is 4.67 Å². The lowest BCUT2D eigenvalue weighted by Gasteiger charge is -2.35. The van der Waals surface area contributed by atoms with Gasteiger partial charge in [-0.3, -0.25) is 4.90 Å². The second kappa shape index (κ2) is 5.74. The first kappa shape index (κ1) is 12.7. The van der Waals surface area contributed by atoms with Crippen LogP contribution in [0.25, 0.3) is 0 Å². The Morgan fingerprint density at radius 2 is 2.39 bits per heavy atom. The minimum Gasteiger partial charge on any atom is -0.453 e. The number of furan rings is 1. The smallest absolute Gasteiger partial charge is 0.169 e. The van der Waals surface area contributed by atoms with Gasteiger partial charge in [0.05, 0.1) is 19.3 Å². The van der Waals surface area contributed by atoms with Crippen molar-refractivity contribution in [3.05, 3.63) is 22.6 Å². The van der Waals surface area contributed by atoms with E-state index in [9.17, 15) is 0 Å². The molecule has 1 N–H and O–H groups in total. The fraction of sp³-hybridized carbons (Fsp3) is 0.692. The van der Waals surface area contributed by atoms with Gasteiger partial charge in [0.25, 0.3) is 0 Å². The van der Waals surface area contributed by atoms with E-state index in [1.54, 1.807) is 0 Å². The molecular formula is C13H19BrN2O2. The van der Waals surface area contributed by atoms with Gasteiger partial charge < -0.3 is 14.5 Å². The Kier molecular flexibility index (Phi) is 4.03. The molecule has 3 rings (SSSR count). The highest BCUT2D eigenvalue weighted by Gasteiger charge is 2.31. The lowest BCUT2D eigenvalue weighted by Crippen LogP contribution is -2.49. The van der Waals surface area contributed by atoms with Crippen molar-refractivity contribution in [3.63, 3.8) is 0 Å². The lowest BCUT2D eigenvalue weighted by molar-refractivity contribution is -0.0471. The number of nitrogens with zero attached hydrogens (tertiary/aromatic N) is 1. The summed E-state index contributed by atoms with van der Waals surface area (Å²) in [6, 6.07) is 4.58. The van der Waals surface area contributed by atoms with Gasteiger partial charge in [-0.15, -0.1) is 0 Å². The highest BCUT2D eigenvalue weighted by atomic mass is 79.9. The molecule has 4 nitrogen and oxygen atoms in total. The molecule has 1 aromatic heterocycles. The molecule has 0 bridgehead atoms. The summed E-state index contributed by atoms with van der Waals surface area (Å²) >= 11 is 3.31. The number of ether oxygens (including phenoxy) is 1. The molecule has 2 atom stereocenters. The topological polar surface area (TPSA) is 37.6 Å². The van der Waals surface area contributed by atoms with Gasteiger partial charge in [0.1, 0.15) is 5.76 Å². The van der Waals surface area contributed by atoms with E-state index in [2.05, 4.69) is 26.1 Å². The SMILES string of the molecule is Brc1ccc(CNCC2CN3CCCC3CO2)o1. The number of hydrogen-bond donors (Lipinski definition) is 1. The predicted molar refractivity (Wildman–Crippen MR) is 72.4 cm³/mol. The maximum absolute atomic E-state index is 5.89. The second-order valence-corrected chi connectivity index (χ2v) is 5.86. The molecule has 5 heteroatoms. The molecule has 3 heterocycles. The summed E-state index contributed by atoms with van der Waals surface area (Å²) in [5.74, 6) is 0.955. The summed E-state index contributed by atoms with van der Waals surface area (Å²) < 4.78 is 12.1. The van der Waals surface area contributed by atoms with Gasteiger partial charge in [-0.1, -0.05) is 0 Å². The van der Waals surface area contributed by atoms with Crippen molar-refractivity contribution in [2.24, 2.45) is 0 Å². The molecule has 0 amide bonds. The van der Waals surface area contributed by atoms with Crippen LogP contribution in [-0.2, 0) is 11.3 Å². The predicted octanol–water partition coefficient (Wildman–Crippen LogP) is 1.99. The van der Waals surface area contributed by atoms with Gasteiger partial charge in [0.2, 0.25) is 0 Å². The summed E-state index contributed by atoms with van der Waals surface area (Å²) in [5.41, 5.74) is 0. The molecule has 18 heavy (non-hydrogen) atoms. The Balaban J connectivity index is 1.41. The number of nitrogens with one attached hydrogen (secondary N) is 1. The van der Waals surface area contributed by atoms with Crippen LogP contribution in [0.15, 0.2) is 21.2 Å². The average Bonchev–Trinajstić information content (AvgIpc) is 2.97. The van der Waals surface area contributed by atoms with Crippen LogP contribution in [0.5, 0.6) is 0 Å². The van der Waals surface area contributed by atoms with E-state index in [0.29, 0.717) is 12.1 Å². The molecule has 1 aromatic rings. The first-order valence-corrected chi connectivity index (χ1v) is 7.41. The zero-order valence-electron chi connectivity index (χ0n) is 10.4. The van der Waals surface area contributed by atoms with E-state index >= 15 is 0 Å². The summed E-state index contributed by atoms with van der Waals surface area (Å²) in [6.07, 6.45) is 2.95. The van der Waals surface area contributed by atoms with Crippen molar-refractivity contribution in [1.29, 1.82) is 0 Å². The van der Waals surface area contributed by atoms with E-state index in [1.165, 1.54) is 19.4 Å². The van der Waals surface area contributed by atoms with Gasteiger partial charge in [-0.2, -0.15) is 0 Å². The number of rotatable bonds is 4. The highest BCUT2D eigenvalue weighted by Crippen LogP contribution is 2.22. The summed E-state index contributed by atoms with van der Waals surface area (Å²) in [5, 5.41) is 3.40. The van der Waals surface area contributed by atoms with Crippen LogP contribution >= 0.6 is 15.9 Å². The van der Waals surface area contributed by atoms with Gasteiger partial charge >= 0.3 is 0 Å². The van der Waals surface area contributed by atoms with Crippen LogP contribution in [-0.4, -0.2) is 43.3 Å². The number of fused-ring (bicyclic) bond motifs is 1. The third kappa shape index (κ3) is 2.96. The van der Waals surface area contributed by atoms with Crippen molar-refractivity contribution >= 4 is 15.9 Å². The van der Waals surface area contributed by atoms with Crippen molar-refractivity contribution in [2.45, 2.75) is 31.5 Å². The molecule has 0 aliphatic carbocycles. The Labute approximate surface area is 116 Å². The van der Waals surface area contributed by atoms with Crippen LogP contribution in [0.3, 0.4) is 0 Å². The first-order valence-electron chi connectivity index (χ1n) is 6.62. The molecular weight excluding hydrogens is 296 g/mol. The zero-order valence-corrected chi connectivity index (χ0v) is 12.0. The van der Waals surface area contributed by atoms with Crippen molar-refractivity contribution in [1.82, 2.24) is 10.2 Å². The van der Waals surface area contributed by atoms with Gasteiger partial charge in [-0.25, -0.2) is 0 Å². The fourth-order valence-corrected chi connectivity index (χ4v) is 3.15. The summed E-state index contributed by atoms with van der Waals surface area (Å²) in [6.45, 7) is 4.87. The van der Waals surface area contributed by atoms with E-state index < -0.39 is 0 Å². The maximum Gasteiger partial charge on any atom is 0.169 e. The quantitative estimate of drug-likeness (QED) is 0.922. The number of hydrogen-bond acceptors (Lipinski definition) is 4. The van der Waals surface area contributed by atoms with Crippen LogP contribution in [0.1, 0.15) is 18.6 Å². The monoisotopic (exact) mass is 314 g/mol. The Bertz CT molecular complexity index is 396. The highest BCUT2D eigenvalue weighted by molar-refractivity contribution is 9.10. The molecule has 100 valence electrons. The minimum absolute atomic E-state index is 0.317. The Hall–Kier alpha value is -0.360. The van der Waals surface area contributed by atoms with Crippen LogP contribution < -0.4 is 5.32 Å². The number of halogens is 1. The molecule has 0 radical (unpaired) electrons. The molecule has 2 saturated heterocycles. The number of morpholine rings is 1. The zero-order chi connectivity index (χ0) is 12.4. The molecule has 2 unspecified atom stereocenters. The molecule has 0 spiro atoms. The minimum atomic E-state index is 0.317. The van der Waals surface area contributed by atoms with Gasteiger partial charge in [-0.05, 0) is 47.4 Å². The van der Waals surface area contributed by atoms with Crippen molar-refractivity contribution in [3.8, 4) is 0 Å². The van der Waals surface area contributed by atoms with E-state index in [0.717, 1.165) is 36.7 Å². The first-order chi connectivity index (χ1) is 8.81. The normalized spacial score (nSPS) is 28.5. The van der Waals surface area contributed by atoms with Crippen LogP contribution in [0, 0.1) is 0 Å². The standard InChI is InChI=1S/C13H19BrN2O2/c14-13-4-3-11(18-13)6-15-7-12-8-16-5-1-2-10(16)9-17-12/h3-4,10,12,15H,1-2,5-9H2. The largest absolute Gasteiger partial charge is 0.453 e. The fourth-order valence-electron chi connectivity index (χ4n) is 2.81. The van der Waals surface area contributed by atoms with E-state index in [4.69, 9.17) is 9.15 Å². The third-order valence-corrected chi connectivity index (χ3v) is 4.19. The molecule has 2 fully saturated rings. The average molecular weight is 315 g/mol. The van der Waals surface area contributed by atoms with Gasteiger partial charge in [0, 0.05) is 19.1 Å². The summed E-state index contributed by atoms with van der Waals surface area (Å²) in [7, 11) is 0. The maximum atomic E-state index is 5.89. The molecule has 2 aliphatic rings. The molecule has 0 saturated carbocycles. The van der Waals surface area contributed by atoms with Crippen molar-refractivity contribution < 1.29 is 9.15 Å². The van der Waals surface area contributed by atoms with E-state index in [-0.39, 0.29) is 0 Å². The summed E-state index contributed by atoms with van der Waals surface area (Å²) in [4.78, 5) is 2.57. The van der Waals surface area contributed by atoms with Crippen LogP contribution in [0.4, 0.5) is 0 Å². The Morgan fingerprint density at radius 1 is 1.44 bits per heavy atom. The van der Waals surface area contributed by atoms with Crippen molar-refractivity contribution in [2.75, 3.05) is 26.2 Å². The molecule has 0 aromatic carbocycles.